The summed E-state index contributed by atoms with van der Waals surface area (Å²) in [5.41, 5.74) is 3.51. The number of hydrogen-bond acceptors (Lipinski definition) is 2. The first-order chi connectivity index (χ1) is 9.01. The Bertz CT molecular complexity index is 428. The molecule has 4 heteroatoms. The van der Waals surface area contributed by atoms with Crippen LogP contribution in [0.15, 0.2) is 22.7 Å². The van der Waals surface area contributed by atoms with E-state index < -0.39 is 0 Å². The molecule has 2 rings (SSSR count). The van der Waals surface area contributed by atoms with Gasteiger partial charge in [0.2, 0.25) is 0 Å². The standard InChI is InChI=1S/C15H22BrFN2/c1-9-5-10(2)7-11(6-9)15(19-18)13-8-12(16)3-4-14(13)17/h3-4,8-11,15,19H,5-7,18H2,1-2H3. The van der Waals surface area contributed by atoms with E-state index in [0.717, 1.165) is 17.3 Å². The van der Waals surface area contributed by atoms with Crippen LogP contribution in [0.2, 0.25) is 0 Å². The largest absolute Gasteiger partial charge is 0.271 e. The Balaban J connectivity index is 2.26. The molecule has 0 bridgehead atoms. The van der Waals surface area contributed by atoms with Gasteiger partial charge in [0.05, 0.1) is 6.04 Å². The Morgan fingerprint density at radius 1 is 1.26 bits per heavy atom. The van der Waals surface area contributed by atoms with Gasteiger partial charge in [0.15, 0.2) is 0 Å². The minimum absolute atomic E-state index is 0.109. The van der Waals surface area contributed by atoms with Crippen molar-refractivity contribution in [2.75, 3.05) is 0 Å². The summed E-state index contributed by atoms with van der Waals surface area (Å²) in [6, 6.07) is 4.95. The lowest BCUT2D eigenvalue weighted by Crippen LogP contribution is -2.37. The van der Waals surface area contributed by atoms with E-state index in [1.54, 1.807) is 6.07 Å². The average Bonchev–Trinajstić information content (AvgIpc) is 2.33. The number of nitrogens with two attached hydrogens (primary N) is 1. The van der Waals surface area contributed by atoms with E-state index in [1.807, 2.05) is 6.07 Å². The third-order valence-electron chi connectivity index (χ3n) is 4.16. The zero-order valence-electron chi connectivity index (χ0n) is 11.5. The SMILES string of the molecule is CC1CC(C)CC(C(NN)c2cc(Br)ccc2F)C1. The molecule has 3 unspecified atom stereocenters. The van der Waals surface area contributed by atoms with Gasteiger partial charge in [0, 0.05) is 10.0 Å². The van der Waals surface area contributed by atoms with Crippen molar-refractivity contribution in [2.24, 2.45) is 23.6 Å². The van der Waals surface area contributed by atoms with Gasteiger partial charge < -0.3 is 0 Å². The van der Waals surface area contributed by atoms with Crippen LogP contribution < -0.4 is 11.3 Å². The maximum atomic E-state index is 14.0. The zero-order valence-corrected chi connectivity index (χ0v) is 13.1. The van der Waals surface area contributed by atoms with Crippen LogP contribution in [0.1, 0.15) is 44.7 Å². The summed E-state index contributed by atoms with van der Waals surface area (Å²) in [6.07, 6.45) is 3.46. The highest BCUT2D eigenvalue weighted by Gasteiger charge is 2.31. The quantitative estimate of drug-likeness (QED) is 0.645. The summed E-state index contributed by atoms with van der Waals surface area (Å²) in [5, 5.41) is 0. The van der Waals surface area contributed by atoms with Gasteiger partial charge in [-0.05, 0) is 55.2 Å². The van der Waals surface area contributed by atoms with Gasteiger partial charge in [-0.3, -0.25) is 11.3 Å². The third-order valence-corrected chi connectivity index (χ3v) is 4.65. The molecule has 3 N–H and O–H groups in total. The van der Waals surface area contributed by atoms with Gasteiger partial charge in [0.1, 0.15) is 5.82 Å². The lowest BCUT2D eigenvalue weighted by Gasteiger charge is -2.36. The van der Waals surface area contributed by atoms with Crippen molar-refractivity contribution in [2.45, 2.75) is 39.2 Å². The van der Waals surface area contributed by atoms with E-state index in [-0.39, 0.29) is 11.9 Å². The number of halogens is 2. The molecule has 0 heterocycles. The minimum atomic E-state index is -0.183. The molecule has 0 aliphatic heterocycles. The van der Waals surface area contributed by atoms with Crippen molar-refractivity contribution in [3.05, 3.63) is 34.1 Å². The van der Waals surface area contributed by atoms with Gasteiger partial charge >= 0.3 is 0 Å². The van der Waals surface area contributed by atoms with Gasteiger partial charge in [-0.2, -0.15) is 0 Å². The van der Waals surface area contributed by atoms with Crippen molar-refractivity contribution in [1.82, 2.24) is 5.43 Å². The smallest absolute Gasteiger partial charge is 0.128 e. The van der Waals surface area contributed by atoms with Gasteiger partial charge in [-0.25, -0.2) is 4.39 Å². The fraction of sp³-hybridized carbons (Fsp3) is 0.600. The molecule has 1 aromatic carbocycles. The second kappa shape index (κ2) is 6.33. The van der Waals surface area contributed by atoms with Crippen LogP contribution in [0.4, 0.5) is 4.39 Å². The molecular weight excluding hydrogens is 307 g/mol. The first kappa shape index (κ1) is 14.9. The second-order valence-electron chi connectivity index (χ2n) is 5.99. The first-order valence-electron chi connectivity index (χ1n) is 6.92. The minimum Gasteiger partial charge on any atom is -0.271 e. The summed E-state index contributed by atoms with van der Waals surface area (Å²) in [4.78, 5) is 0. The Labute approximate surface area is 123 Å². The molecule has 1 saturated carbocycles. The Morgan fingerprint density at radius 2 is 1.89 bits per heavy atom. The molecule has 0 amide bonds. The van der Waals surface area contributed by atoms with Crippen LogP contribution in [0.3, 0.4) is 0 Å². The number of hydrazine groups is 1. The van der Waals surface area contributed by atoms with Crippen molar-refractivity contribution < 1.29 is 4.39 Å². The van der Waals surface area contributed by atoms with Crippen LogP contribution in [0.25, 0.3) is 0 Å². The van der Waals surface area contributed by atoms with Crippen molar-refractivity contribution in [3.63, 3.8) is 0 Å². The summed E-state index contributed by atoms with van der Waals surface area (Å²) >= 11 is 3.41. The Hall–Kier alpha value is -0.450. The fourth-order valence-electron chi connectivity index (χ4n) is 3.51. The molecule has 1 fully saturated rings. The van der Waals surface area contributed by atoms with Crippen molar-refractivity contribution in [3.8, 4) is 0 Å². The van der Waals surface area contributed by atoms with Crippen molar-refractivity contribution in [1.29, 1.82) is 0 Å². The number of rotatable bonds is 3. The highest BCUT2D eigenvalue weighted by Crippen LogP contribution is 2.40. The topological polar surface area (TPSA) is 38.0 Å². The predicted octanol–water partition coefficient (Wildman–Crippen LogP) is 4.16. The highest BCUT2D eigenvalue weighted by molar-refractivity contribution is 9.10. The zero-order chi connectivity index (χ0) is 14.0. The molecule has 1 aliphatic rings. The summed E-state index contributed by atoms with van der Waals surface area (Å²) in [6.45, 7) is 4.54. The molecule has 0 saturated heterocycles. The van der Waals surface area contributed by atoms with Crippen LogP contribution in [0.5, 0.6) is 0 Å². The van der Waals surface area contributed by atoms with E-state index in [9.17, 15) is 4.39 Å². The number of hydrogen-bond donors (Lipinski definition) is 2. The highest BCUT2D eigenvalue weighted by atomic mass is 79.9. The van der Waals surface area contributed by atoms with Crippen LogP contribution in [-0.2, 0) is 0 Å². The van der Waals surface area contributed by atoms with E-state index in [1.165, 1.54) is 12.5 Å². The first-order valence-corrected chi connectivity index (χ1v) is 7.71. The lowest BCUT2D eigenvalue weighted by atomic mass is 9.72. The molecule has 1 aromatic rings. The van der Waals surface area contributed by atoms with Gasteiger partial charge in [-0.1, -0.05) is 29.8 Å². The normalized spacial score (nSPS) is 29.2. The van der Waals surface area contributed by atoms with E-state index in [0.29, 0.717) is 23.3 Å². The number of benzene rings is 1. The van der Waals surface area contributed by atoms with Crippen LogP contribution in [0, 0.1) is 23.6 Å². The summed E-state index contributed by atoms with van der Waals surface area (Å²) in [7, 11) is 0. The van der Waals surface area contributed by atoms with Crippen molar-refractivity contribution >= 4 is 15.9 Å². The van der Waals surface area contributed by atoms with Gasteiger partial charge in [-0.15, -0.1) is 0 Å². The average molecular weight is 329 g/mol. The molecule has 0 spiro atoms. The molecule has 1 aliphatic carbocycles. The van der Waals surface area contributed by atoms with E-state index >= 15 is 0 Å². The van der Waals surface area contributed by atoms with E-state index in [4.69, 9.17) is 5.84 Å². The Morgan fingerprint density at radius 3 is 2.47 bits per heavy atom. The Kier molecular flexibility index (Phi) is 4.98. The molecular formula is C15H22BrFN2. The molecule has 19 heavy (non-hydrogen) atoms. The third kappa shape index (κ3) is 3.56. The molecule has 0 radical (unpaired) electrons. The summed E-state index contributed by atoms with van der Waals surface area (Å²) in [5.74, 6) is 7.29. The fourth-order valence-corrected chi connectivity index (χ4v) is 3.89. The lowest BCUT2D eigenvalue weighted by molar-refractivity contribution is 0.175. The summed E-state index contributed by atoms with van der Waals surface area (Å²) < 4.78 is 14.9. The second-order valence-corrected chi connectivity index (χ2v) is 6.90. The predicted molar refractivity (Wildman–Crippen MR) is 79.8 cm³/mol. The van der Waals surface area contributed by atoms with Gasteiger partial charge in [0.25, 0.3) is 0 Å². The molecule has 3 atom stereocenters. The number of nitrogens with one attached hydrogen (secondary N) is 1. The molecule has 106 valence electrons. The molecule has 0 aromatic heterocycles. The maximum absolute atomic E-state index is 14.0. The van der Waals surface area contributed by atoms with E-state index in [2.05, 4.69) is 35.2 Å². The van der Waals surface area contributed by atoms with Crippen LogP contribution in [-0.4, -0.2) is 0 Å². The monoisotopic (exact) mass is 328 g/mol. The maximum Gasteiger partial charge on any atom is 0.128 e. The van der Waals surface area contributed by atoms with Crippen LogP contribution >= 0.6 is 15.9 Å². The molecule has 2 nitrogen and oxygen atoms in total.